The van der Waals surface area contributed by atoms with E-state index >= 15 is 0 Å². The lowest BCUT2D eigenvalue weighted by molar-refractivity contribution is -0.0123. The predicted molar refractivity (Wildman–Crippen MR) is 105 cm³/mol. The Morgan fingerprint density at radius 1 is 1.11 bits per heavy atom. The van der Waals surface area contributed by atoms with Crippen LogP contribution in [0.25, 0.3) is 16.9 Å². The highest BCUT2D eigenvalue weighted by Gasteiger charge is 2.27. The van der Waals surface area contributed by atoms with Crippen LogP contribution in [0.3, 0.4) is 0 Å². The molecule has 5 nitrogen and oxygen atoms in total. The lowest BCUT2D eigenvalue weighted by atomic mass is 10.1. The topological polar surface area (TPSA) is 47.4 Å². The van der Waals surface area contributed by atoms with Crippen molar-refractivity contribution in [2.24, 2.45) is 0 Å². The number of para-hydroxylation sites is 1. The Hall–Kier alpha value is -2.92. The number of amides is 1. The molecule has 0 radical (unpaired) electrons. The summed E-state index contributed by atoms with van der Waals surface area (Å²) in [5.41, 5.74) is 4.39. The third-order valence-electron chi connectivity index (χ3n) is 4.82. The van der Waals surface area contributed by atoms with E-state index in [2.05, 4.69) is 0 Å². The van der Waals surface area contributed by atoms with E-state index in [1.54, 1.807) is 4.68 Å². The van der Waals surface area contributed by atoms with Gasteiger partial charge >= 0.3 is 0 Å². The van der Waals surface area contributed by atoms with Crippen LogP contribution in [-0.4, -0.2) is 46.4 Å². The second-order valence-electron chi connectivity index (χ2n) is 6.97. The average molecular weight is 361 g/mol. The van der Waals surface area contributed by atoms with Gasteiger partial charge in [-0.05, 0) is 26.0 Å². The number of morpholine rings is 1. The second-order valence-corrected chi connectivity index (χ2v) is 6.97. The van der Waals surface area contributed by atoms with Crippen molar-refractivity contribution < 1.29 is 9.53 Å². The molecule has 5 heteroatoms. The Morgan fingerprint density at radius 3 is 2.56 bits per heavy atom. The van der Waals surface area contributed by atoms with Crippen molar-refractivity contribution in [1.82, 2.24) is 14.7 Å². The van der Waals surface area contributed by atoms with Gasteiger partial charge in [0.15, 0.2) is 0 Å². The van der Waals surface area contributed by atoms with Crippen LogP contribution in [0.15, 0.2) is 60.8 Å². The van der Waals surface area contributed by atoms with E-state index in [1.807, 2.05) is 79.5 Å². The number of rotatable bonds is 3. The maximum absolute atomic E-state index is 13.3. The van der Waals surface area contributed by atoms with Gasteiger partial charge in [-0.2, -0.15) is 5.10 Å². The summed E-state index contributed by atoms with van der Waals surface area (Å²) in [5.74, 6) is 0.00269. The molecule has 1 amide bonds. The second kappa shape index (κ2) is 7.37. The molecule has 2 aromatic carbocycles. The van der Waals surface area contributed by atoms with Gasteiger partial charge in [0.25, 0.3) is 5.91 Å². The van der Waals surface area contributed by atoms with E-state index in [0.29, 0.717) is 31.0 Å². The molecule has 2 heterocycles. The first-order valence-electron chi connectivity index (χ1n) is 9.25. The van der Waals surface area contributed by atoms with E-state index < -0.39 is 0 Å². The summed E-state index contributed by atoms with van der Waals surface area (Å²) in [5, 5.41) is 4.75. The number of hydrogen-bond acceptors (Lipinski definition) is 3. The summed E-state index contributed by atoms with van der Waals surface area (Å²) < 4.78 is 7.37. The van der Waals surface area contributed by atoms with Crippen molar-refractivity contribution in [3.8, 4) is 16.9 Å². The fraction of sp³-hybridized carbons (Fsp3) is 0.273. The number of aromatic nitrogens is 2. The standard InChI is InChI=1S/C22H23N3O2/c1-16-8-10-18(11-9-16)21-20(22(26)24-12-13-27-17(2)14-24)15-25(23-21)19-6-4-3-5-7-19/h3-11,15,17H,12-14H2,1-2H3/t17-/m0/s1. The summed E-state index contributed by atoms with van der Waals surface area (Å²) in [6, 6.07) is 18.0. The molecular weight excluding hydrogens is 338 g/mol. The SMILES string of the molecule is Cc1ccc(-c2nn(-c3ccccc3)cc2C(=O)N2CCO[C@@H](C)C2)cc1. The van der Waals surface area contributed by atoms with Crippen LogP contribution in [0, 0.1) is 6.92 Å². The quantitative estimate of drug-likeness (QED) is 0.714. The van der Waals surface area contributed by atoms with Crippen LogP contribution in [0.5, 0.6) is 0 Å². The lowest BCUT2D eigenvalue weighted by Crippen LogP contribution is -2.44. The van der Waals surface area contributed by atoms with Gasteiger partial charge in [-0.15, -0.1) is 0 Å². The van der Waals surface area contributed by atoms with Crippen molar-refractivity contribution in [2.75, 3.05) is 19.7 Å². The molecule has 27 heavy (non-hydrogen) atoms. The Kier molecular flexibility index (Phi) is 4.77. The molecule has 1 atom stereocenters. The zero-order valence-electron chi connectivity index (χ0n) is 15.6. The summed E-state index contributed by atoms with van der Waals surface area (Å²) in [6.45, 7) is 5.82. The average Bonchev–Trinajstić information content (AvgIpc) is 3.14. The Bertz CT molecular complexity index is 932. The largest absolute Gasteiger partial charge is 0.375 e. The number of ether oxygens (including phenoxy) is 1. The van der Waals surface area contributed by atoms with E-state index in [9.17, 15) is 4.79 Å². The molecule has 1 aliphatic rings. The van der Waals surface area contributed by atoms with Gasteiger partial charge in [-0.3, -0.25) is 4.79 Å². The number of carbonyl (C=O) groups is 1. The molecule has 0 N–H and O–H groups in total. The van der Waals surface area contributed by atoms with E-state index in [0.717, 1.165) is 11.3 Å². The summed E-state index contributed by atoms with van der Waals surface area (Å²) in [6.07, 6.45) is 1.89. The molecule has 0 unspecified atom stereocenters. The van der Waals surface area contributed by atoms with Crippen molar-refractivity contribution in [3.63, 3.8) is 0 Å². The predicted octanol–water partition coefficient (Wildman–Crippen LogP) is 3.71. The molecule has 1 aromatic heterocycles. The highest BCUT2D eigenvalue weighted by molar-refractivity contribution is 6.00. The van der Waals surface area contributed by atoms with Crippen molar-refractivity contribution in [1.29, 1.82) is 0 Å². The summed E-state index contributed by atoms with van der Waals surface area (Å²) in [7, 11) is 0. The number of nitrogens with zero attached hydrogens (tertiary/aromatic N) is 3. The number of hydrogen-bond donors (Lipinski definition) is 0. The van der Waals surface area contributed by atoms with Gasteiger partial charge in [-0.1, -0.05) is 48.0 Å². The molecule has 4 rings (SSSR count). The van der Waals surface area contributed by atoms with E-state index in [-0.39, 0.29) is 12.0 Å². The van der Waals surface area contributed by atoms with Crippen LogP contribution >= 0.6 is 0 Å². The molecule has 1 aliphatic heterocycles. The van der Waals surface area contributed by atoms with Gasteiger partial charge in [0, 0.05) is 24.8 Å². The van der Waals surface area contributed by atoms with Crippen molar-refractivity contribution in [3.05, 3.63) is 71.9 Å². The van der Waals surface area contributed by atoms with Gasteiger partial charge in [-0.25, -0.2) is 4.68 Å². The van der Waals surface area contributed by atoms with Gasteiger partial charge in [0.2, 0.25) is 0 Å². The minimum absolute atomic E-state index is 0.00269. The zero-order valence-corrected chi connectivity index (χ0v) is 15.6. The van der Waals surface area contributed by atoms with Crippen LogP contribution in [0.1, 0.15) is 22.8 Å². The molecule has 1 saturated heterocycles. The minimum Gasteiger partial charge on any atom is -0.375 e. The third kappa shape index (κ3) is 3.64. The van der Waals surface area contributed by atoms with Crippen LogP contribution in [-0.2, 0) is 4.74 Å². The molecule has 0 saturated carbocycles. The monoisotopic (exact) mass is 361 g/mol. The van der Waals surface area contributed by atoms with E-state index in [4.69, 9.17) is 9.84 Å². The maximum Gasteiger partial charge on any atom is 0.257 e. The maximum atomic E-state index is 13.3. The van der Waals surface area contributed by atoms with Crippen LogP contribution < -0.4 is 0 Å². The Labute approximate surface area is 159 Å². The molecule has 0 bridgehead atoms. The highest BCUT2D eigenvalue weighted by atomic mass is 16.5. The van der Waals surface area contributed by atoms with Gasteiger partial charge < -0.3 is 9.64 Å². The minimum atomic E-state index is 0.00269. The molecule has 0 spiro atoms. The Balaban J connectivity index is 1.77. The number of benzene rings is 2. The van der Waals surface area contributed by atoms with Crippen LogP contribution in [0.4, 0.5) is 0 Å². The van der Waals surface area contributed by atoms with E-state index in [1.165, 1.54) is 5.56 Å². The fourth-order valence-electron chi connectivity index (χ4n) is 3.34. The zero-order chi connectivity index (χ0) is 18.8. The first kappa shape index (κ1) is 17.5. The summed E-state index contributed by atoms with van der Waals surface area (Å²) in [4.78, 5) is 15.1. The molecule has 1 fully saturated rings. The first-order chi connectivity index (χ1) is 13.1. The summed E-state index contributed by atoms with van der Waals surface area (Å²) >= 11 is 0. The van der Waals surface area contributed by atoms with Crippen molar-refractivity contribution in [2.45, 2.75) is 20.0 Å². The van der Waals surface area contributed by atoms with Gasteiger partial charge in [0.05, 0.1) is 24.0 Å². The Morgan fingerprint density at radius 2 is 1.85 bits per heavy atom. The van der Waals surface area contributed by atoms with Crippen LogP contribution in [0.2, 0.25) is 0 Å². The number of aryl methyl sites for hydroxylation is 1. The molecule has 0 aliphatic carbocycles. The molecular formula is C22H23N3O2. The smallest absolute Gasteiger partial charge is 0.257 e. The first-order valence-corrected chi connectivity index (χ1v) is 9.25. The molecule has 3 aromatic rings. The normalized spacial score (nSPS) is 17.1. The molecule has 138 valence electrons. The van der Waals surface area contributed by atoms with Gasteiger partial charge in [0.1, 0.15) is 5.69 Å². The lowest BCUT2D eigenvalue weighted by Gasteiger charge is -2.31. The third-order valence-corrected chi connectivity index (χ3v) is 4.82. The fourth-order valence-corrected chi connectivity index (χ4v) is 3.34. The number of carbonyl (C=O) groups excluding carboxylic acids is 1. The highest BCUT2D eigenvalue weighted by Crippen LogP contribution is 2.26. The van der Waals surface area contributed by atoms with Crippen molar-refractivity contribution >= 4 is 5.91 Å².